The minimum absolute atomic E-state index is 0. The van der Waals surface area contributed by atoms with E-state index in [1.807, 2.05) is 0 Å². The Morgan fingerprint density at radius 3 is 2.08 bits per heavy atom. The third-order valence-corrected chi connectivity index (χ3v) is 1.29. The van der Waals surface area contributed by atoms with Gasteiger partial charge in [0.2, 0.25) is 0 Å². The van der Waals surface area contributed by atoms with Gasteiger partial charge in [-0.25, -0.2) is 0 Å². The predicted octanol–water partition coefficient (Wildman–Crippen LogP) is 0.741. The Kier molecular flexibility index (Phi) is 11.1. The number of hydrogen-bond donors (Lipinski definition) is 1. The summed E-state index contributed by atoms with van der Waals surface area (Å²) in [5.74, 6) is 1.42. The summed E-state index contributed by atoms with van der Waals surface area (Å²) in [4.78, 5) is 11.3. The molecule has 1 N–H and O–H groups in total. The Hall–Kier alpha value is 0.482. The van der Waals surface area contributed by atoms with Gasteiger partial charge in [0.1, 0.15) is 0 Å². The third-order valence-electron chi connectivity index (χ3n) is 1.29. The Balaban J connectivity index is 0. The molecule has 1 fully saturated rings. The van der Waals surface area contributed by atoms with E-state index in [0.29, 0.717) is 19.5 Å². The van der Waals surface area contributed by atoms with E-state index in [9.17, 15) is 4.79 Å². The van der Waals surface area contributed by atoms with Crippen LogP contribution in [0.4, 0.5) is 0 Å². The van der Waals surface area contributed by atoms with Crippen molar-refractivity contribution in [2.45, 2.75) is 33.3 Å². The van der Waals surface area contributed by atoms with E-state index in [1.54, 1.807) is 6.41 Å². The molecule has 13 heavy (non-hydrogen) atoms. The molecule has 1 atom stereocenters. The maximum Gasteiger partial charge on any atom is 2.00 e. The molecule has 4 heteroatoms. The van der Waals surface area contributed by atoms with Crippen LogP contribution < -0.4 is 0 Å². The van der Waals surface area contributed by atoms with E-state index in [-0.39, 0.29) is 37.2 Å². The first kappa shape index (κ1) is 15.9. The molecule has 1 heterocycles. The van der Waals surface area contributed by atoms with Crippen molar-refractivity contribution < 1.29 is 41.0 Å². The molecule has 1 rings (SSSR count). The number of aliphatic hydroxyl groups excluding tert-OH is 1. The van der Waals surface area contributed by atoms with Crippen molar-refractivity contribution in [2.24, 2.45) is 0 Å². The second-order valence-electron chi connectivity index (χ2n) is 3.48. The van der Waals surface area contributed by atoms with Crippen LogP contribution in [0.1, 0.15) is 27.2 Å². The molecular formula is C9H17NO2U. The number of hydrogen-bond acceptors (Lipinski definition) is 2. The van der Waals surface area contributed by atoms with Crippen molar-refractivity contribution >= 4 is 6.41 Å². The molecule has 0 spiro atoms. The molecule has 0 aliphatic carbocycles. The van der Waals surface area contributed by atoms with E-state index in [4.69, 9.17) is 5.11 Å². The van der Waals surface area contributed by atoms with Gasteiger partial charge in [0.25, 0.3) is 0 Å². The summed E-state index contributed by atoms with van der Waals surface area (Å²) in [6, 6.07) is 0. The molecule has 1 unspecified atom stereocenters. The summed E-state index contributed by atoms with van der Waals surface area (Å²) in [6.45, 7) is 7.37. The van der Waals surface area contributed by atoms with Crippen molar-refractivity contribution in [2.75, 3.05) is 13.1 Å². The minimum atomic E-state index is -0.309. The quantitative estimate of drug-likeness (QED) is 0.650. The molecule has 0 bridgehead atoms. The monoisotopic (exact) mass is 409 g/mol. The van der Waals surface area contributed by atoms with Crippen molar-refractivity contribution in [3.05, 3.63) is 5.92 Å². The molecule has 3 nitrogen and oxygen atoms in total. The molecule has 0 aromatic carbocycles. The van der Waals surface area contributed by atoms with E-state index in [1.165, 1.54) is 10.8 Å². The second kappa shape index (κ2) is 9.05. The van der Waals surface area contributed by atoms with Crippen LogP contribution in [0.2, 0.25) is 0 Å². The number of likely N-dealkylation sites (tertiary alicyclic amines) is 1. The second-order valence-corrected chi connectivity index (χ2v) is 3.48. The SMILES string of the molecule is C[C-](C)C.O=[C-]N1CCC(O)C1.[U+2]. The molecule has 0 saturated carbocycles. The molecule has 74 valence electrons. The summed E-state index contributed by atoms with van der Waals surface area (Å²) < 4.78 is 0. The predicted molar refractivity (Wildman–Crippen MR) is 48.2 cm³/mol. The van der Waals surface area contributed by atoms with Gasteiger partial charge < -0.3 is 20.7 Å². The molecule has 0 aromatic rings. The summed E-state index contributed by atoms with van der Waals surface area (Å²) in [7, 11) is 0. The van der Waals surface area contributed by atoms with Gasteiger partial charge in [0.05, 0.1) is 6.10 Å². The van der Waals surface area contributed by atoms with Gasteiger partial charge in [-0.3, -0.25) is 0 Å². The van der Waals surface area contributed by atoms with Crippen molar-refractivity contribution in [3.8, 4) is 0 Å². The average Bonchev–Trinajstić information content (AvgIpc) is 2.34. The standard InChI is InChI=1S/C5H8NO2.C4H9.U/c7-4-6-2-1-5(8)3-6;1-4(2)3;/h5,8H,1-3H2;1-3H3;/q2*-1;+2. The largest absolute Gasteiger partial charge is 2.00 e. The molecule has 0 aromatic heterocycles. The van der Waals surface area contributed by atoms with Crippen LogP contribution in [0.15, 0.2) is 0 Å². The molecular weight excluding hydrogens is 392 g/mol. The maximum absolute atomic E-state index is 9.84. The Morgan fingerprint density at radius 1 is 1.46 bits per heavy atom. The zero-order valence-electron chi connectivity index (χ0n) is 8.50. The summed E-state index contributed by atoms with van der Waals surface area (Å²) in [5, 5.41) is 8.81. The van der Waals surface area contributed by atoms with Crippen molar-refractivity contribution in [1.82, 2.24) is 4.90 Å². The topological polar surface area (TPSA) is 40.5 Å². The van der Waals surface area contributed by atoms with Gasteiger partial charge in [-0.15, -0.1) is 0 Å². The number of carbonyl (C=O) groups excluding carboxylic acids is 1. The third kappa shape index (κ3) is 10.4. The number of nitrogens with zero attached hydrogens (tertiary/aromatic N) is 1. The van der Waals surface area contributed by atoms with Crippen LogP contribution in [-0.2, 0) is 4.79 Å². The first-order valence-electron chi connectivity index (χ1n) is 4.13. The van der Waals surface area contributed by atoms with Crippen molar-refractivity contribution in [3.63, 3.8) is 0 Å². The van der Waals surface area contributed by atoms with Gasteiger partial charge in [-0.1, -0.05) is 0 Å². The summed E-state index contributed by atoms with van der Waals surface area (Å²) >= 11 is 0. The van der Waals surface area contributed by atoms with Gasteiger partial charge in [0, 0.05) is 6.54 Å². The zero-order valence-corrected chi connectivity index (χ0v) is 12.7. The Labute approximate surface area is 104 Å². The number of aliphatic hydroxyl groups is 1. The average molecular weight is 409 g/mol. The van der Waals surface area contributed by atoms with Crippen LogP contribution in [0.3, 0.4) is 0 Å². The summed E-state index contributed by atoms with van der Waals surface area (Å²) in [6.07, 6.45) is 2.11. The van der Waals surface area contributed by atoms with E-state index in [0.717, 1.165) is 0 Å². The summed E-state index contributed by atoms with van der Waals surface area (Å²) in [5.41, 5.74) is 0. The van der Waals surface area contributed by atoms with Crippen LogP contribution in [0.5, 0.6) is 0 Å². The zero-order chi connectivity index (χ0) is 9.56. The number of amides is 1. The minimum Gasteiger partial charge on any atom is -0.520 e. The van der Waals surface area contributed by atoms with Crippen LogP contribution >= 0.6 is 0 Å². The molecule has 1 amide bonds. The van der Waals surface area contributed by atoms with Gasteiger partial charge in [-0.2, -0.15) is 27.2 Å². The van der Waals surface area contributed by atoms with Gasteiger partial charge >= 0.3 is 31.1 Å². The van der Waals surface area contributed by atoms with E-state index < -0.39 is 0 Å². The fourth-order valence-corrected chi connectivity index (χ4v) is 0.825. The fraction of sp³-hybridized carbons (Fsp3) is 0.778. The Bertz CT molecular complexity index is 128. The van der Waals surface area contributed by atoms with Gasteiger partial charge in [0.15, 0.2) is 0 Å². The number of rotatable bonds is 1. The van der Waals surface area contributed by atoms with E-state index >= 15 is 0 Å². The van der Waals surface area contributed by atoms with Crippen molar-refractivity contribution in [1.29, 1.82) is 0 Å². The molecule has 0 radical (unpaired) electrons. The number of β-amino-alcohol motifs (C(OH)–C–C–N with tert-alkyl or cyclic N) is 1. The van der Waals surface area contributed by atoms with Crippen LogP contribution in [0, 0.1) is 37.0 Å². The molecule has 1 aliphatic heterocycles. The first-order chi connectivity index (χ1) is 5.56. The van der Waals surface area contributed by atoms with Crippen LogP contribution in [-0.4, -0.2) is 35.6 Å². The van der Waals surface area contributed by atoms with Crippen LogP contribution in [0.25, 0.3) is 0 Å². The Morgan fingerprint density at radius 2 is 1.92 bits per heavy atom. The smallest absolute Gasteiger partial charge is 0.520 e. The normalized spacial score (nSPS) is 20.4. The fourth-order valence-electron chi connectivity index (χ4n) is 0.825. The van der Waals surface area contributed by atoms with E-state index in [2.05, 4.69) is 20.8 Å². The first-order valence-corrected chi connectivity index (χ1v) is 4.13. The molecule has 1 saturated heterocycles. The molecule has 1 aliphatic rings. The maximum atomic E-state index is 9.84. The van der Waals surface area contributed by atoms with Gasteiger partial charge in [-0.05, 0) is 13.0 Å².